The number of benzene rings is 2. The minimum atomic E-state index is -0.0570. The molecule has 2 heterocycles. The fourth-order valence-electron chi connectivity index (χ4n) is 3.80. The van der Waals surface area contributed by atoms with Crippen LogP contribution in [0.4, 0.5) is 5.82 Å². The molecule has 0 radical (unpaired) electrons. The number of anilines is 1. The second kappa shape index (κ2) is 8.44. The molecule has 4 rings (SSSR count). The SMILES string of the molecule is COc1cc2c(NC3CC(=O)N(Cc4ccccc4)C3)ncnc2c(OC)c1OC. The van der Waals surface area contributed by atoms with E-state index in [9.17, 15) is 4.79 Å². The monoisotopic (exact) mass is 408 g/mol. The summed E-state index contributed by atoms with van der Waals surface area (Å²) in [5.74, 6) is 2.21. The first-order valence-electron chi connectivity index (χ1n) is 9.66. The zero-order valence-electron chi connectivity index (χ0n) is 17.2. The van der Waals surface area contributed by atoms with Gasteiger partial charge in [-0.05, 0) is 11.6 Å². The van der Waals surface area contributed by atoms with Crippen LogP contribution in [0.5, 0.6) is 17.2 Å². The van der Waals surface area contributed by atoms with Crippen molar-refractivity contribution in [2.45, 2.75) is 19.0 Å². The second-order valence-electron chi connectivity index (χ2n) is 7.07. The van der Waals surface area contributed by atoms with E-state index in [1.54, 1.807) is 21.3 Å². The van der Waals surface area contributed by atoms with Gasteiger partial charge in [0.25, 0.3) is 0 Å². The Bertz CT molecular complexity index is 1060. The molecule has 1 fully saturated rings. The van der Waals surface area contributed by atoms with Crippen molar-refractivity contribution >= 4 is 22.6 Å². The van der Waals surface area contributed by atoms with E-state index < -0.39 is 0 Å². The van der Waals surface area contributed by atoms with Crippen molar-refractivity contribution in [3.05, 3.63) is 48.3 Å². The largest absolute Gasteiger partial charge is 0.493 e. The zero-order chi connectivity index (χ0) is 21.1. The van der Waals surface area contributed by atoms with Crippen LogP contribution in [0.1, 0.15) is 12.0 Å². The molecule has 1 amide bonds. The van der Waals surface area contributed by atoms with Gasteiger partial charge in [0.1, 0.15) is 17.7 Å². The number of fused-ring (bicyclic) bond motifs is 1. The fraction of sp³-hybridized carbons (Fsp3) is 0.318. The Morgan fingerprint density at radius 2 is 1.83 bits per heavy atom. The van der Waals surface area contributed by atoms with Crippen molar-refractivity contribution < 1.29 is 19.0 Å². The first-order chi connectivity index (χ1) is 14.6. The van der Waals surface area contributed by atoms with Crippen LogP contribution in [0, 0.1) is 0 Å². The van der Waals surface area contributed by atoms with Gasteiger partial charge in [-0.2, -0.15) is 0 Å². The molecular formula is C22H24N4O4. The van der Waals surface area contributed by atoms with Crippen LogP contribution in [0.2, 0.25) is 0 Å². The summed E-state index contributed by atoms with van der Waals surface area (Å²) in [6.07, 6.45) is 1.88. The molecule has 1 atom stereocenters. The van der Waals surface area contributed by atoms with E-state index in [1.807, 2.05) is 41.3 Å². The van der Waals surface area contributed by atoms with Crippen molar-refractivity contribution in [3.63, 3.8) is 0 Å². The van der Waals surface area contributed by atoms with E-state index in [2.05, 4.69) is 15.3 Å². The van der Waals surface area contributed by atoms with Gasteiger partial charge < -0.3 is 24.4 Å². The second-order valence-corrected chi connectivity index (χ2v) is 7.07. The van der Waals surface area contributed by atoms with Crippen LogP contribution in [-0.2, 0) is 11.3 Å². The average molecular weight is 408 g/mol. The Morgan fingerprint density at radius 1 is 1.07 bits per heavy atom. The van der Waals surface area contributed by atoms with E-state index >= 15 is 0 Å². The van der Waals surface area contributed by atoms with E-state index in [1.165, 1.54) is 6.33 Å². The predicted octanol–water partition coefficient (Wildman–Crippen LogP) is 2.87. The molecule has 1 aliphatic heterocycles. The standard InChI is InChI=1S/C22H24N4O4/c1-28-17-10-16-19(21(30-3)20(17)29-2)23-13-24-22(16)25-15-9-18(27)26(12-15)11-14-7-5-4-6-8-14/h4-8,10,13,15H,9,11-12H2,1-3H3,(H,23,24,25). The predicted molar refractivity (Wildman–Crippen MR) is 113 cm³/mol. The number of likely N-dealkylation sites (tertiary alicyclic amines) is 1. The average Bonchev–Trinajstić information content (AvgIpc) is 3.11. The Kier molecular flexibility index (Phi) is 5.56. The van der Waals surface area contributed by atoms with Gasteiger partial charge in [0.2, 0.25) is 11.7 Å². The fourth-order valence-corrected chi connectivity index (χ4v) is 3.80. The van der Waals surface area contributed by atoms with Crippen molar-refractivity contribution in [1.82, 2.24) is 14.9 Å². The Labute approximate surface area is 174 Å². The third-order valence-corrected chi connectivity index (χ3v) is 5.20. The zero-order valence-corrected chi connectivity index (χ0v) is 17.2. The number of aromatic nitrogens is 2. The van der Waals surface area contributed by atoms with Crippen molar-refractivity contribution in [2.75, 3.05) is 33.2 Å². The smallest absolute Gasteiger partial charge is 0.225 e. The highest BCUT2D eigenvalue weighted by Gasteiger charge is 2.30. The highest BCUT2D eigenvalue weighted by Crippen LogP contribution is 2.43. The molecule has 0 saturated carbocycles. The molecule has 0 bridgehead atoms. The number of amides is 1. The van der Waals surface area contributed by atoms with Crippen LogP contribution in [0.15, 0.2) is 42.7 Å². The Morgan fingerprint density at radius 3 is 2.53 bits per heavy atom. The van der Waals surface area contributed by atoms with Gasteiger partial charge in [0, 0.05) is 19.5 Å². The number of nitrogens with one attached hydrogen (secondary N) is 1. The van der Waals surface area contributed by atoms with E-state index in [-0.39, 0.29) is 11.9 Å². The van der Waals surface area contributed by atoms with Crippen molar-refractivity contribution in [2.24, 2.45) is 0 Å². The van der Waals surface area contributed by atoms with Gasteiger partial charge in [-0.3, -0.25) is 4.79 Å². The Hall–Kier alpha value is -3.55. The molecule has 1 saturated heterocycles. The van der Waals surface area contributed by atoms with Crippen LogP contribution < -0.4 is 19.5 Å². The molecule has 0 spiro atoms. The first-order valence-corrected chi connectivity index (χ1v) is 9.66. The normalized spacial score (nSPS) is 16.0. The topological polar surface area (TPSA) is 85.8 Å². The van der Waals surface area contributed by atoms with Gasteiger partial charge in [-0.25, -0.2) is 9.97 Å². The van der Waals surface area contributed by atoms with Gasteiger partial charge in [0.15, 0.2) is 11.5 Å². The maximum atomic E-state index is 12.5. The molecular weight excluding hydrogens is 384 g/mol. The van der Waals surface area contributed by atoms with Crippen LogP contribution in [0.3, 0.4) is 0 Å². The lowest BCUT2D eigenvalue weighted by Crippen LogP contribution is -2.27. The van der Waals surface area contributed by atoms with E-state index in [4.69, 9.17) is 14.2 Å². The van der Waals surface area contributed by atoms with Crippen molar-refractivity contribution in [3.8, 4) is 17.2 Å². The third kappa shape index (κ3) is 3.68. The molecule has 1 aromatic heterocycles. The third-order valence-electron chi connectivity index (χ3n) is 5.20. The number of carbonyl (C=O) groups is 1. The first kappa shape index (κ1) is 19.8. The lowest BCUT2D eigenvalue weighted by atomic mass is 10.1. The molecule has 1 unspecified atom stereocenters. The molecule has 3 aromatic rings. The lowest BCUT2D eigenvalue weighted by Gasteiger charge is -2.19. The van der Waals surface area contributed by atoms with Crippen molar-refractivity contribution in [1.29, 1.82) is 0 Å². The summed E-state index contributed by atoms with van der Waals surface area (Å²) in [5.41, 5.74) is 1.72. The summed E-state index contributed by atoms with van der Waals surface area (Å²) < 4.78 is 16.4. The van der Waals surface area contributed by atoms with Gasteiger partial charge in [-0.1, -0.05) is 30.3 Å². The minimum absolute atomic E-state index is 0.0570. The lowest BCUT2D eigenvalue weighted by molar-refractivity contribution is -0.128. The number of carbonyl (C=O) groups excluding carboxylic acids is 1. The van der Waals surface area contributed by atoms with Crippen LogP contribution in [0.25, 0.3) is 10.9 Å². The summed E-state index contributed by atoms with van der Waals surface area (Å²) in [5, 5.41) is 4.14. The molecule has 156 valence electrons. The molecule has 8 heteroatoms. The summed E-state index contributed by atoms with van der Waals surface area (Å²) in [6, 6.07) is 11.7. The van der Waals surface area contributed by atoms with Gasteiger partial charge in [-0.15, -0.1) is 0 Å². The number of rotatable bonds is 7. The molecule has 30 heavy (non-hydrogen) atoms. The van der Waals surface area contributed by atoms with Crippen LogP contribution >= 0.6 is 0 Å². The summed E-state index contributed by atoms with van der Waals surface area (Å²) in [4.78, 5) is 23.2. The summed E-state index contributed by atoms with van der Waals surface area (Å²) in [6.45, 7) is 1.20. The molecule has 8 nitrogen and oxygen atoms in total. The van der Waals surface area contributed by atoms with E-state index in [0.29, 0.717) is 48.1 Å². The number of hydrogen-bond acceptors (Lipinski definition) is 7. The number of ether oxygens (including phenoxy) is 3. The maximum absolute atomic E-state index is 12.5. The molecule has 2 aromatic carbocycles. The quantitative estimate of drug-likeness (QED) is 0.643. The molecule has 1 aliphatic rings. The van der Waals surface area contributed by atoms with Crippen LogP contribution in [-0.4, -0.2) is 54.7 Å². The highest BCUT2D eigenvalue weighted by atomic mass is 16.5. The van der Waals surface area contributed by atoms with E-state index in [0.717, 1.165) is 10.9 Å². The minimum Gasteiger partial charge on any atom is -0.493 e. The van der Waals surface area contributed by atoms with Gasteiger partial charge in [0.05, 0.1) is 32.8 Å². The molecule has 1 N–H and O–H groups in total. The number of methoxy groups -OCH3 is 3. The maximum Gasteiger partial charge on any atom is 0.225 e. The van der Waals surface area contributed by atoms with Gasteiger partial charge >= 0.3 is 0 Å². The summed E-state index contributed by atoms with van der Waals surface area (Å²) in [7, 11) is 4.68. The Balaban J connectivity index is 1.60. The molecule has 0 aliphatic carbocycles. The highest BCUT2D eigenvalue weighted by molar-refractivity contribution is 5.97. The number of hydrogen-bond donors (Lipinski definition) is 1. The summed E-state index contributed by atoms with van der Waals surface area (Å²) >= 11 is 0. The number of nitrogens with zero attached hydrogens (tertiary/aromatic N) is 3.